The largest absolute Gasteiger partial charge is 0.508 e. The molecule has 3 nitrogen and oxygen atoms in total. The fourth-order valence-corrected chi connectivity index (χ4v) is 1.06. The minimum Gasteiger partial charge on any atom is -0.508 e. The van der Waals surface area contributed by atoms with Crippen LogP contribution in [0.15, 0.2) is 18.2 Å². The molecule has 0 amide bonds. The highest BCUT2D eigenvalue weighted by Crippen LogP contribution is 2.27. The number of carbonyl (C=O) groups is 1. The van der Waals surface area contributed by atoms with Crippen molar-refractivity contribution in [2.75, 3.05) is 0 Å². The molecule has 1 aromatic rings. The van der Waals surface area contributed by atoms with Crippen LogP contribution in [0.5, 0.6) is 5.75 Å². The Morgan fingerprint density at radius 1 is 1.33 bits per heavy atom. The van der Waals surface area contributed by atoms with Crippen LogP contribution >= 0.6 is 0 Å². The van der Waals surface area contributed by atoms with Gasteiger partial charge in [0.2, 0.25) is 0 Å². The first-order chi connectivity index (χ1) is 6.79. The van der Waals surface area contributed by atoms with E-state index in [-0.39, 0.29) is 11.1 Å². The van der Waals surface area contributed by atoms with E-state index in [9.17, 15) is 18.0 Å². The fourth-order valence-electron chi connectivity index (χ4n) is 1.06. The first-order valence-corrected chi connectivity index (χ1v) is 3.91. The van der Waals surface area contributed by atoms with E-state index in [4.69, 9.17) is 10.2 Å². The van der Waals surface area contributed by atoms with Crippen molar-refractivity contribution in [2.45, 2.75) is 12.6 Å². The quantitative estimate of drug-likeness (QED) is 0.803. The molecular formula is C9H7F3O3. The van der Waals surface area contributed by atoms with E-state index < -0.39 is 24.3 Å². The van der Waals surface area contributed by atoms with Crippen LogP contribution in [0.1, 0.15) is 15.9 Å². The second kappa shape index (κ2) is 3.80. The molecular weight excluding hydrogens is 213 g/mol. The lowest BCUT2D eigenvalue weighted by Crippen LogP contribution is -2.11. The summed E-state index contributed by atoms with van der Waals surface area (Å²) in [5.74, 6) is -1.96. The van der Waals surface area contributed by atoms with Gasteiger partial charge in [0.25, 0.3) is 0 Å². The minimum atomic E-state index is -4.43. The number of hydrogen-bond acceptors (Lipinski definition) is 2. The van der Waals surface area contributed by atoms with Gasteiger partial charge in [-0.25, -0.2) is 4.79 Å². The smallest absolute Gasteiger partial charge is 0.393 e. The van der Waals surface area contributed by atoms with Gasteiger partial charge in [-0.3, -0.25) is 0 Å². The number of aromatic hydroxyl groups is 1. The molecule has 0 aromatic heterocycles. The summed E-state index contributed by atoms with van der Waals surface area (Å²) in [6.07, 6.45) is -5.71. The second-order valence-corrected chi connectivity index (χ2v) is 2.94. The third-order valence-electron chi connectivity index (χ3n) is 1.72. The number of carboxylic acid groups (broad SMARTS) is 1. The number of alkyl halides is 3. The monoisotopic (exact) mass is 220 g/mol. The summed E-state index contributed by atoms with van der Waals surface area (Å²) in [4.78, 5) is 10.4. The Hall–Kier alpha value is -1.72. The SMILES string of the molecule is O=C(O)c1ccc(CC(F)(F)F)c(O)c1. The third kappa shape index (κ3) is 3.16. The molecule has 0 fully saturated rings. The number of phenols is 1. The van der Waals surface area contributed by atoms with Crippen molar-refractivity contribution >= 4 is 5.97 Å². The number of halogens is 3. The minimum absolute atomic E-state index is 0.251. The van der Waals surface area contributed by atoms with Crippen LogP contribution in [-0.2, 0) is 6.42 Å². The molecule has 0 heterocycles. The van der Waals surface area contributed by atoms with Gasteiger partial charge >= 0.3 is 12.1 Å². The van der Waals surface area contributed by atoms with Crippen molar-refractivity contribution in [2.24, 2.45) is 0 Å². The number of carboxylic acids is 1. The summed E-state index contributed by atoms with van der Waals surface area (Å²) in [7, 11) is 0. The third-order valence-corrected chi connectivity index (χ3v) is 1.72. The van der Waals surface area contributed by atoms with Gasteiger partial charge in [-0.1, -0.05) is 6.07 Å². The molecule has 15 heavy (non-hydrogen) atoms. The maximum atomic E-state index is 12.0. The first-order valence-electron chi connectivity index (χ1n) is 3.91. The van der Waals surface area contributed by atoms with Gasteiger partial charge < -0.3 is 10.2 Å². The molecule has 0 aliphatic rings. The molecule has 1 aromatic carbocycles. The summed E-state index contributed by atoms with van der Waals surface area (Å²) in [5, 5.41) is 17.6. The van der Waals surface area contributed by atoms with E-state index in [0.717, 1.165) is 18.2 Å². The molecule has 0 radical (unpaired) electrons. The van der Waals surface area contributed by atoms with E-state index in [0.29, 0.717) is 0 Å². The Balaban J connectivity index is 2.99. The highest BCUT2D eigenvalue weighted by atomic mass is 19.4. The van der Waals surface area contributed by atoms with E-state index in [2.05, 4.69) is 0 Å². The lowest BCUT2D eigenvalue weighted by Gasteiger charge is -2.08. The number of rotatable bonds is 2. The normalized spacial score (nSPS) is 11.4. The van der Waals surface area contributed by atoms with E-state index in [1.54, 1.807) is 0 Å². The Morgan fingerprint density at radius 3 is 2.33 bits per heavy atom. The zero-order valence-corrected chi connectivity index (χ0v) is 7.38. The lowest BCUT2D eigenvalue weighted by molar-refractivity contribution is -0.127. The van der Waals surface area contributed by atoms with Crippen LogP contribution < -0.4 is 0 Å². The second-order valence-electron chi connectivity index (χ2n) is 2.94. The average molecular weight is 220 g/mol. The van der Waals surface area contributed by atoms with Crippen LogP contribution in [0.25, 0.3) is 0 Å². The van der Waals surface area contributed by atoms with Crippen molar-refractivity contribution in [1.29, 1.82) is 0 Å². The molecule has 0 unspecified atom stereocenters. The number of benzene rings is 1. The predicted molar refractivity (Wildman–Crippen MR) is 44.8 cm³/mol. The topological polar surface area (TPSA) is 57.5 Å². The fraction of sp³-hybridized carbons (Fsp3) is 0.222. The number of hydrogen-bond donors (Lipinski definition) is 2. The lowest BCUT2D eigenvalue weighted by atomic mass is 10.1. The summed E-state index contributed by atoms with van der Waals surface area (Å²) in [5.41, 5.74) is -0.592. The van der Waals surface area contributed by atoms with Gasteiger partial charge in [0.1, 0.15) is 5.75 Å². The first kappa shape index (κ1) is 11.4. The van der Waals surface area contributed by atoms with E-state index >= 15 is 0 Å². The Morgan fingerprint density at radius 2 is 1.93 bits per heavy atom. The zero-order chi connectivity index (χ0) is 11.6. The number of phenolic OH excluding ortho intramolecular Hbond substituents is 1. The molecule has 0 aliphatic heterocycles. The maximum Gasteiger partial charge on any atom is 0.393 e. The molecule has 0 spiro atoms. The molecule has 0 saturated heterocycles. The molecule has 0 aliphatic carbocycles. The van der Waals surface area contributed by atoms with Crippen LogP contribution in [0.4, 0.5) is 13.2 Å². The van der Waals surface area contributed by atoms with Gasteiger partial charge in [0.15, 0.2) is 0 Å². The molecule has 82 valence electrons. The maximum absolute atomic E-state index is 12.0. The summed E-state index contributed by atoms with van der Waals surface area (Å²) >= 11 is 0. The molecule has 2 N–H and O–H groups in total. The van der Waals surface area contributed by atoms with Crippen molar-refractivity contribution in [3.63, 3.8) is 0 Å². The van der Waals surface area contributed by atoms with Crippen molar-refractivity contribution in [1.82, 2.24) is 0 Å². The highest BCUT2D eigenvalue weighted by molar-refractivity contribution is 5.88. The van der Waals surface area contributed by atoms with Crippen molar-refractivity contribution in [3.8, 4) is 5.75 Å². The Labute approximate surface area is 82.8 Å². The molecule has 1 rings (SSSR count). The Bertz CT molecular complexity index is 385. The average Bonchev–Trinajstić information content (AvgIpc) is 2.05. The predicted octanol–water partition coefficient (Wildman–Crippen LogP) is 2.20. The summed E-state index contributed by atoms with van der Waals surface area (Å²) in [6.45, 7) is 0. The standard InChI is InChI=1S/C9H7F3O3/c10-9(11,12)4-6-2-1-5(8(14)15)3-7(6)13/h1-3,13H,4H2,(H,14,15). The Kier molecular flexibility index (Phi) is 2.88. The molecule has 0 bridgehead atoms. The van der Waals surface area contributed by atoms with E-state index in [1.807, 2.05) is 0 Å². The summed E-state index contributed by atoms with van der Waals surface area (Å²) in [6, 6.07) is 2.76. The van der Waals surface area contributed by atoms with Crippen molar-refractivity contribution in [3.05, 3.63) is 29.3 Å². The highest BCUT2D eigenvalue weighted by Gasteiger charge is 2.29. The van der Waals surface area contributed by atoms with E-state index in [1.165, 1.54) is 0 Å². The summed E-state index contributed by atoms with van der Waals surface area (Å²) < 4.78 is 35.9. The zero-order valence-electron chi connectivity index (χ0n) is 7.38. The van der Waals surface area contributed by atoms with Gasteiger partial charge in [0.05, 0.1) is 12.0 Å². The molecule has 0 saturated carbocycles. The van der Waals surface area contributed by atoms with Gasteiger partial charge in [-0.15, -0.1) is 0 Å². The van der Waals surface area contributed by atoms with Crippen LogP contribution in [0, 0.1) is 0 Å². The van der Waals surface area contributed by atoms with Crippen molar-refractivity contribution < 1.29 is 28.2 Å². The molecule has 0 atom stereocenters. The van der Waals surface area contributed by atoms with Crippen LogP contribution in [-0.4, -0.2) is 22.4 Å². The van der Waals surface area contributed by atoms with Crippen LogP contribution in [0.3, 0.4) is 0 Å². The molecule has 6 heteroatoms. The van der Waals surface area contributed by atoms with Gasteiger partial charge in [-0.05, 0) is 12.1 Å². The number of aromatic carboxylic acids is 1. The van der Waals surface area contributed by atoms with Gasteiger partial charge in [0, 0.05) is 5.56 Å². The van der Waals surface area contributed by atoms with Crippen LogP contribution in [0.2, 0.25) is 0 Å². The van der Waals surface area contributed by atoms with Gasteiger partial charge in [-0.2, -0.15) is 13.2 Å².